The van der Waals surface area contributed by atoms with Gasteiger partial charge in [-0.15, -0.1) is 11.8 Å². The summed E-state index contributed by atoms with van der Waals surface area (Å²) in [5, 5.41) is 0. The van der Waals surface area contributed by atoms with Crippen LogP contribution < -0.4 is 0 Å². The van der Waals surface area contributed by atoms with Crippen molar-refractivity contribution in [2.75, 3.05) is 12.4 Å². The highest BCUT2D eigenvalue weighted by molar-refractivity contribution is 7.99. The van der Waals surface area contributed by atoms with Gasteiger partial charge in [0, 0.05) is 10.6 Å². The first kappa shape index (κ1) is 13.1. The van der Waals surface area contributed by atoms with Crippen LogP contribution in [0.15, 0.2) is 23.1 Å². The van der Waals surface area contributed by atoms with E-state index in [2.05, 4.69) is 32.0 Å². The van der Waals surface area contributed by atoms with Gasteiger partial charge in [0.25, 0.3) is 0 Å². The summed E-state index contributed by atoms with van der Waals surface area (Å²) in [4.78, 5) is 12.3. The lowest BCUT2D eigenvalue weighted by atomic mass is 10.1. The molecule has 0 aliphatic carbocycles. The van der Waals surface area contributed by atoms with E-state index in [4.69, 9.17) is 4.74 Å². The Bertz CT molecular complexity index is 361. The van der Waals surface area contributed by atoms with Gasteiger partial charge < -0.3 is 4.74 Å². The molecule has 0 saturated carbocycles. The summed E-state index contributed by atoms with van der Waals surface area (Å²) >= 11 is 1.70. The van der Waals surface area contributed by atoms with E-state index >= 15 is 0 Å². The van der Waals surface area contributed by atoms with Gasteiger partial charge in [-0.25, -0.2) is 0 Å². The van der Waals surface area contributed by atoms with E-state index < -0.39 is 0 Å². The maximum atomic E-state index is 11.1. The molecular weight excluding hydrogens is 220 g/mol. The normalized spacial score (nSPS) is 10.2. The zero-order chi connectivity index (χ0) is 12.0. The Balaban J connectivity index is 2.37. The third-order valence-corrected chi connectivity index (χ3v) is 3.35. The highest BCUT2D eigenvalue weighted by atomic mass is 32.2. The quantitative estimate of drug-likeness (QED) is 0.581. The number of carbonyl (C=O) groups is 1. The fourth-order valence-corrected chi connectivity index (χ4v) is 2.22. The van der Waals surface area contributed by atoms with Crippen molar-refractivity contribution in [3.8, 4) is 0 Å². The summed E-state index contributed by atoms with van der Waals surface area (Å²) in [6.45, 7) is 6.49. The Morgan fingerprint density at radius 2 is 2.06 bits per heavy atom. The van der Waals surface area contributed by atoms with Crippen molar-refractivity contribution in [2.24, 2.45) is 0 Å². The van der Waals surface area contributed by atoms with Crippen molar-refractivity contribution in [1.29, 1.82) is 0 Å². The van der Waals surface area contributed by atoms with E-state index in [0.717, 1.165) is 5.75 Å². The third kappa shape index (κ3) is 4.27. The molecule has 0 aliphatic heterocycles. The number of benzene rings is 1. The molecule has 0 aromatic heterocycles. The van der Waals surface area contributed by atoms with Crippen LogP contribution in [0.1, 0.15) is 24.5 Å². The van der Waals surface area contributed by atoms with Crippen LogP contribution in [0.3, 0.4) is 0 Å². The molecule has 0 radical (unpaired) electrons. The number of carbonyl (C=O) groups excluding carboxylic acids is 1. The van der Waals surface area contributed by atoms with Crippen LogP contribution in [0.2, 0.25) is 0 Å². The Labute approximate surface area is 101 Å². The van der Waals surface area contributed by atoms with Gasteiger partial charge in [0.1, 0.15) is 0 Å². The van der Waals surface area contributed by atoms with Crippen LogP contribution in [0.5, 0.6) is 0 Å². The molecule has 0 N–H and O–H groups in total. The molecule has 0 fully saturated rings. The van der Waals surface area contributed by atoms with Crippen molar-refractivity contribution in [3.63, 3.8) is 0 Å². The Hall–Kier alpha value is -0.960. The first-order valence-electron chi connectivity index (χ1n) is 5.49. The van der Waals surface area contributed by atoms with Crippen molar-refractivity contribution < 1.29 is 9.53 Å². The van der Waals surface area contributed by atoms with E-state index in [0.29, 0.717) is 13.0 Å². The van der Waals surface area contributed by atoms with Gasteiger partial charge in [-0.05, 0) is 44.0 Å². The number of thioether (sulfide) groups is 1. The van der Waals surface area contributed by atoms with Gasteiger partial charge in [0.15, 0.2) is 0 Å². The predicted molar refractivity (Wildman–Crippen MR) is 67.9 cm³/mol. The molecule has 0 heterocycles. The molecule has 0 atom stereocenters. The van der Waals surface area contributed by atoms with Crippen LogP contribution in [0, 0.1) is 13.8 Å². The van der Waals surface area contributed by atoms with E-state index in [-0.39, 0.29) is 5.97 Å². The van der Waals surface area contributed by atoms with Crippen molar-refractivity contribution in [1.82, 2.24) is 0 Å². The molecule has 88 valence electrons. The molecule has 0 aliphatic rings. The summed E-state index contributed by atoms with van der Waals surface area (Å²) in [7, 11) is 0. The fourth-order valence-electron chi connectivity index (χ4n) is 1.29. The molecule has 0 unspecified atom stereocenters. The Morgan fingerprint density at radius 3 is 2.69 bits per heavy atom. The zero-order valence-electron chi connectivity index (χ0n) is 10.1. The molecule has 0 spiro atoms. The van der Waals surface area contributed by atoms with Crippen LogP contribution in [-0.4, -0.2) is 18.3 Å². The zero-order valence-corrected chi connectivity index (χ0v) is 10.9. The number of aryl methyl sites for hydroxylation is 2. The lowest BCUT2D eigenvalue weighted by Gasteiger charge is -2.05. The molecule has 1 aromatic carbocycles. The lowest BCUT2D eigenvalue weighted by molar-refractivity contribution is -0.142. The maximum absolute atomic E-state index is 11.1. The second-order valence-corrected chi connectivity index (χ2v) is 4.82. The van der Waals surface area contributed by atoms with Gasteiger partial charge in [-0.1, -0.05) is 6.07 Å². The van der Waals surface area contributed by atoms with Crippen molar-refractivity contribution >= 4 is 17.7 Å². The molecule has 2 nitrogen and oxygen atoms in total. The lowest BCUT2D eigenvalue weighted by Crippen LogP contribution is -2.04. The van der Waals surface area contributed by atoms with E-state index in [1.165, 1.54) is 16.0 Å². The van der Waals surface area contributed by atoms with Crippen molar-refractivity contribution in [2.45, 2.75) is 32.1 Å². The van der Waals surface area contributed by atoms with Gasteiger partial charge in [0.05, 0.1) is 13.0 Å². The van der Waals surface area contributed by atoms with Gasteiger partial charge in [-0.2, -0.15) is 0 Å². The summed E-state index contributed by atoms with van der Waals surface area (Å²) in [6, 6.07) is 6.37. The summed E-state index contributed by atoms with van der Waals surface area (Å²) in [6.07, 6.45) is 0.478. The molecule has 1 rings (SSSR count). The predicted octanol–water partition coefficient (Wildman–Crippen LogP) is 3.35. The highest BCUT2D eigenvalue weighted by Crippen LogP contribution is 2.21. The summed E-state index contributed by atoms with van der Waals surface area (Å²) in [5.41, 5.74) is 2.59. The SMILES string of the molecule is CCOC(=O)CCSc1ccc(C)c(C)c1. The average Bonchev–Trinajstić information content (AvgIpc) is 2.24. The van der Waals surface area contributed by atoms with Crippen LogP contribution in [-0.2, 0) is 9.53 Å². The molecule has 0 bridgehead atoms. The van der Waals surface area contributed by atoms with E-state index in [9.17, 15) is 4.79 Å². The first-order chi connectivity index (χ1) is 7.63. The standard InChI is InChI=1S/C13H18O2S/c1-4-15-13(14)7-8-16-12-6-5-10(2)11(3)9-12/h5-6,9H,4,7-8H2,1-3H3. The maximum Gasteiger partial charge on any atom is 0.306 e. The van der Waals surface area contributed by atoms with Crippen LogP contribution in [0.25, 0.3) is 0 Å². The van der Waals surface area contributed by atoms with Crippen LogP contribution in [0.4, 0.5) is 0 Å². The molecule has 0 amide bonds. The largest absolute Gasteiger partial charge is 0.466 e. The van der Waals surface area contributed by atoms with E-state index in [1.54, 1.807) is 11.8 Å². The number of rotatable bonds is 5. The molecule has 16 heavy (non-hydrogen) atoms. The van der Waals surface area contributed by atoms with Gasteiger partial charge >= 0.3 is 5.97 Å². The number of hydrogen-bond acceptors (Lipinski definition) is 3. The third-order valence-electron chi connectivity index (χ3n) is 2.36. The average molecular weight is 238 g/mol. The minimum absolute atomic E-state index is 0.112. The number of hydrogen-bond donors (Lipinski definition) is 0. The Morgan fingerprint density at radius 1 is 1.31 bits per heavy atom. The monoisotopic (exact) mass is 238 g/mol. The highest BCUT2D eigenvalue weighted by Gasteiger charge is 2.02. The fraction of sp³-hybridized carbons (Fsp3) is 0.462. The topological polar surface area (TPSA) is 26.3 Å². The summed E-state index contributed by atoms with van der Waals surface area (Å²) < 4.78 is 4.87. The van der Waals surface area contributed by atoms with Gasteiger partial charge in [0.2, 0.25) is 0 Å². The van der Waals surface area contributed by atoms with Gasteiger partial charge in [-0.3, -0.25) is 4.79 Å². The molecule has 3 heteroatoms. The smallest absolute Gasteiger partial charge is 0.306 e. The minimum Gasteiger partial charge on any atom is -0.466 e. The summed E-state index contributed by atoms with van der Waals surface area (Å²) in [5.74, 6) is 0.667. The molecule has 1 aromatic rings. The van der Waals surface area contributed by atoms with Crippen LogP contribution >= 0.6 is 11.8 Å². The minimum atomic E-state index is -0.112. The van der Waals surface area contributed by atoms with E-state index in [1.807, 2.05) is 6.92 Å². The number of esters is 1. The second kappa shape index (κ2) is 6.59. The Kier molecular flexibility index (Phi) is 5.39. The molecule has 0 saturated heterocycles. The number of ether oxygens (including phenoxy) is 1. The van der Waals surface area contributed by atoms with Crippen molar-refractivity contribution in [3.05, 3.63) is 29.3 Å². The second-order valence-electron chi connectivity index (χ2n) is 3.65. The first-order valence-corrected chi connectivity index (χ1v) is 6.47. The molecular formula is C13H18O2S.